The quantitative estimate of drug-likeness (QED) is 0.721. The SMILES string of the molecule is COc1ccccc1-c1ccccc1C1CCCCC1. The molecule has 0 atom stereocenters. The third kappa shape index (κ3) is 2.58. The van der Waals surface area contributed by atoms with Gasteiger partial charge in [0.25, 0.3) is 0 Å². The Kier molecular flexibility index (Phi) is 4.05. The average Bonchev–Trinajstić information content (AvgIpc) is 2.55. The second-order valence-electron chi connectivity index (χ2n) is 5.62. The van der Waals surface area contributed by atoms with Crippen LogP contribution in [0.4, 0.5) is 0 Å². The minimum Gasteiger partial charge on any atom is -0.496 e. The van der Waals surface area contributed by atoms with Crippen LogP contribution in [0.5, 0.6) is 5.75 Å². The largest absolute Gasteiger partial charge is 0.496 e. The molecule has 3 rings (SSSR count). The average molecular weight is 266 g/mol. The molecule has 0 N–H and O–H groups in total. The number of hydrogen-bond donors (Lipinski definition) is 0. The van der Waals surface area contributed by atoms with Crippen molar-refractivity contribution < 1.29 is 4.74 Å². The number of para-hydroxylation sites is 1. The third-order valence-corrected chi connectivity index (χ3v) is 4.40. The number of hydrogen-bond acceptors (Lipinski definition) is 1. The standard InChI is InChI=1S/C19H22O/c1-20-19-14-8-7-13-18(19)17-12-6-5-11-16(17)15-9-3-2-4-10-15/h5-8,11-15H,2-4,9-10H2,1H3. The molecule has 20 heavy (non-hydrogen) atoms. The van der Waals surface area contributed by atoms with E-state index in [9.17, 15) is 0 Å². The summed E-state index contributed by atoms with van der Waals surface area (Å²) in [5, 5.41) is 0. The summed E-state index contributed by atoms with van der Waals surface area (Å²) in [5.41, 5.74) is 4.06. The molecule has 0 bridgehead atoms. The molecule has 1 saturated carbocycles. The second kappa shape index (κ2) is 6.13. The smallest absolute Gasteiger partial charge is 0.126 e. The predicted octanol–water partition coefficient (Wildman–Crippen LogP) is 5.41. The van der Waals surface area contributed by atoms with E-state index in [-0.39, 0.29) is 0 Å². The number of benzene rings is 2. The first-order chi connectivity index (χ1) is 9.90. The molecule has 0 aliphatic heterocycles. The molecule has 1 aliphatic carbocycles. The van der Waals surface area contributed by atoms with Gasteiger partial charge in [0, 0.05) is 5.56 Å². The zero-order valence-electron chi connectivity index (χ0n) is 12.1. The van der Waals surface area contributed by atoms with Crippen LogP contribution in [0, 0.1) is 0 Å². The normalized spacial score (nSPS) is 16.1. The Balaban J connectivity index is 2.05. The van der Waals surface area contributed by atoms with Gasteiger partial charge in [-0.2, -0.15) is 0 Å². The fourth-order valence-corrected chi connectivity index (χ4v) is 3.38. The van der Waals surface area contributed by atoms with E-state index < -0.39 is 0 Å². The Morgan fingerprint density at radius 3 is 2.20 bits per heavy atom. The first-order valence-corrected chi connectivity index (χ1v) is 7.62. The summed E-state index contributed by atoms with van der Waals surface area (Å²) in [6, 6.07) is 17.2. The van der Waals surface area contributed by atoms with Gasteiger partial charge in [-0.15, -0.1) is 0 Å². The van der Waals surface area contributed by atoms with Crippen LogP contribution in [0.25, 0.3) is 11.1 Å². The van der Waals surface area contributed by atoms with Crippen molar-refractivity contribution in [1.29, 1.82) is 0 Å². The summed E-state index contributed by atoms with van der Waals surface area (Å²) in [7, 11) is 1.75. The van der Waals surface area contributed by atoms with Crippen molar-refractivity contribution in [1.82, 2.24) is 0 Å². The summed E-state index contributed by atoms with van der Waals surface area (Å²) in [6.07, 6.45) is 6.78. The molecule has 2 aromatic carbocycles. The summed E-state index contributed by atoms with van der Waals surface area (Å²) in [5.74, 6) is 1.68. The van der Waals surface area contributed by atoms with Gasteiger partial charge in [-0.25, -0.2) is 0 Å². The van der Waals surface area contributed by atoms with Crippen LogP contribution in [-0.4, -0.2) is 7.11 Å². The van der Waals surface area contributed by atoms with Crippen molar-refractivity contribution in [2.45, 2.75) is 38.0 Å². The summed E-state index contributed by atoms with van der Waals surface area (Å²) < 4.78 is 5.54. The maximum Gasteiger partial charge on any atom is 0.126 e. The highest BCUT2D eigenvalue weighted by Crippen LogP contribution is 2.40. The zero-order chi connectivity index (χ0) is 13.8. The van der Waals surface area contributed by atoms with Crippen molar-refractivity contribution >= 4 is 0 Å². The minimum absolute atomic E-state index is 0.713. The van der Waals surface area contributed by atoms with Crippen molar-refractivity contribution in [3.63, 3.8) is 0 Å². The van der Waals surface area contributed by atoms with Crippen LogP contribution in [0.1, 0.15) is 43.6 Å². The van der Waals surface area contributed by atoms with Gasteiger partial charge in [-0.1, -0.05) is 61.7 Å². The van der Waals surface area contributed by atoms with Crippen molar-refractivity contribution in [3.8, 4) is 16.9 Å². The van der Waals surface area contributed by atoms with Gasteiger partial charge in [0.1, 0.15) is 5.75 Å². The molecule has 104 valence electrons. The summed E-state index contributed by atoms with van der Waals surface area (Å²) in [6.45, 7) is 0. The Morgan fingerprint density at radius 1 is 0.800 bits per heavy atom. The van der Waals surface area contributed by atoms with Crippen molar-refractivity contribution in [2.24, 2.45) is 0 Å². The Bertz CT molecular complexity index is 567. The maximum atomic E-state index is 5.54. The molecule has 2 aromatic rings. The second-order valence-corrected chi connectivity index (χ2v) is 5.62. The fourth-order valence-electron chi connectivity index (χ4n) is 3.38. The van der Waals surface area contributed by atoms with Crippen LogP contribution in [0.3, 0.4) is 0 Å². The molecular formula is C19H22O. The number of ether oxygens (including phenoxy) is 1. The first-order valence-electron chi connectivity index (χ1n) is 7.62. The number of methoxy groups -OCH3 is 1. The molecule has 1 fully saturated rings. The van der Waals surface area contributed by atoms with Gasteiger partial charge in [0.15, 0.2) is 0 Å². The summed E-state index contributed by atoms with van der Waals surface area (Å²) >= 11 is 0. The van der Waals surface area contributed by atoms with E-state index in [1.165, 1.54) is 48.8 Å². The number of rotatable bonds is 3. The molecule has 1 aliphatic rings. The molecule has 0 heterocycles. The van der Waals surface area contributed by atoms with E-state index >= 15 is 0 Å². The predicted molar refractivity (Wildman–Crippen MR) is 84.3 cm³/mol. The van der Waals surface area contributed by atoms with Crippen LogP contribution in [-0.2, 0) is 0 Å². The van der Waals surface area contributed by atoms with Gasteiger partial charge in [-0.05, 0) is 36.0 Å². The van der Waals surface area contributed by atoms with E-state index in [2.05, 4.69) is 36.4 Å². The van der Waals surface area contributed by atoms with Gasteiger partial charge < -0.3 is 4.74 Å². The zero-order valence-corrected chi connectivity index (χ0v) is 12.1. The first kappa shape index (κ1) is 13.2. The van der Waals surface area contributed by atoms with Gasteiger partial charge in [0.05, 0.1) is 7.11 Å². The highest BCUT2D eigenvalue weighted by molar-refractivity contribution is 5.73. The molecule has 1 nitrogen and oxygen atoms in total. The van der Waals surface area contributed by atoms with E-state index in [1.807, 2.05) is 12.1 Å². The van der Waals surface area contributed by atoms with Crippen molar-refractivity contribution in [2.75, 3.05) is 7.11 Å². The van der Waals surface area contributed by atoms with Crippen LogP contribution in [0.2, 0.25) is 0 Å². The van der Waals surface area contributed by atoms with Gasteiger partial charge >= 0.3 is 0 Å². The lowest BCUT2D eigenvalue weighted by molar-refractivity contribution is 0.416. The van der Waals surface area contributed by atoms with Crippen molar-refractivity contribution in [3.05, 3.63) is 54.1 Å². The monoisotopic (exact) mass is 266 g/mol. The van der Waals surface area contributed by atoms with E-state index in [0.29, 0.717) is 5.92 Å². The van der Waals surface area contributed by atoms with Gasteiger partial charge in [-0.3, -0.25) is 0 Å². The topological polar surface area (TPSA) is 9.23 Å². The van der Waals surface area contributed by atoms with Gasteiger partial charge in [0.2, 0.25) is 0 Å². The van der Waals surface area contributed by atoms with Crippen LogP contribution in [0.15, 0.2) is 48.5 Å². The summed E-state index contributed by atoms with van der Waals surface area (Å²) in [4.78, 5) is 0. The molecular weight excluding hydrogens is 244 g/mol. The highest BCUT2D eigenvalue weighted by Gasteiger charge is 2.19. The van der Waals surface area contributed by atoms with Crippen LogP contribution >= 0.6 is 0 Å². The Morgan fingerprint density at radius 2 is 1.45 bits per heavy atom. The van der Waals surface area contributed by atoms with E-state index in [0.717, 1.165) is 5.75 Å². The lowest BCUT2D eigenvalue weighted by atomic mass is 9.81. The Labute approximate surface area is 121 Å². The van der Waals surface area contributed by atoms with E-state index in [1.54, 1.807) is 7.11 Å². The fraction of sp³-hybridized carbons (Fsp3) is 0.368. The molecule has 1 heteroatoms. The Hall–Kier alpha value is -1.76. The minimum atomic E-state index is 0.713. The molecule has 0 unspecified atom stereocenters. The highest BCUT2D eigenvalue weighted by atomic mass is 16.5. The molecule has 0 saturated heterocycles. The molecule has 0 spiro atoms. The van der Waals surface area contributed by atoms with Crippen LogP contribution < -0.4 is 4.74 Å². The molecule has 0 radical (unpaired) electrons. The lowest BCUT2D eigenvalue weighted by Crippen LogP contribution is -2.06. The molecule has 0 aromatic heterocycles. The van der Waals surface area contributed by atoms with E-state index in [4.69, 9.17) is 4.74 Å². The third-order valence-electron chi connectivity index (χ3n) is 4.40. The lowest BCUT2D eigenvalue weighted by Gasteiger charge is -2.25. The maximum absolute atomic E-state index is 5.54. The molecule has 0 amide bonds.